The number of carbonyl (C=O) groups excluding carboxylic acids is 2. The lowest BCUT2D eigenvalue weighted by Crippen LogP contribution is -2.36. The minimum atomic E-state index is -4.02. The van der Waals surface area contributed by atoms with E-state index in [9.17, 15) is 26.4 Å². The van der Waals surface area contributed by atoms with Gasteiger partial charge in [0.25, 0.3) is 21.8 Å². The van der Waals surface area contributed by atoms with Crippen LogP contribution in [0, 0.1) is 0 Å². The third kappa shape index (κ3) is 3.10. The van der Waals surface area contributed by atoms with Gasteiger partial charge in [0, 0.05) is 11.6 Å². The molecule has 0 saturated carbocycles. The summed E-state index contributed by atoms with van der Waals surface area (Å²) in [5, 5.41) is 2.80. The quantitative estimate of drug-likeness (QED) is 0.766. The van der Waals surface area contributed by atoms with Crippen LogP contribution in [-0.2, 0) is 19.9 Å². The van der Waals surface area contributed by atoms with Gasteiger partial charge in [0.2, 0.25) is 0 Å². The van der Waals surface area contributed by atoms with E-state index in [2.05, 4.69) is 5.32 Å². The lowest BCUT2D eigenvalue weighted by molar-refractivity contribution is 0.0845. The van der Waals surface area contributed by atoms with Crippen molar-refractivity contribution in [1.82, 2.24) is 9.62 Å². The summed E-state index contributed by atoms with van der Waals surface area (Å²) in [6, 6.07) is 9.37. The standard InChI is InChI=1S/C20H20N2O6S2/c1-12(2)22-20(24)15-8-7-13(11-18(15)30(22,27)28)19(23)21-16-9-10-29(25,26)17-6-4-3-5-14(16)17/h3-8,11-12,16H,9-10H2,1-2H3,(H,21,23). The van der Waals surface area contributed by atoms with E-state index < -0.39 is 43.8 Å². The summed E-state index contributed by atoms with van der Waals surface area (Å²) >= 11 is 0. The van der Waals surface area contributed by atoms with E-state index in [1.807, 2.05) is 0 Å². The Labute approximate surface area is 174 Å². The molecule has 0 aromatic heterocycles. The van der Waals surface area contributed by atoms with Crippen molar-refractivity contribution in [3.63, 3.8) is 0 Å². The highest BCUT2D eigenvalue weighted by Crippen LogP contribution is 2.34. The second-order valence-corrected chi connectivity index (χ2v) is 11.4. The van der Waals surface area contributed by atoms with Gasteiger partial charge in [-0.05, 0) is 50.1 Å². The zero-order chi connectivity index (χ0) is 21.8. The Morgan fingerprint density at radius 3 is 2.47 bits per heavy atom. The van der Waals surface area contributed by atoms with E-state index in [0.717, 1.165) is 4.31 Å². The first kappa shape index (κ1) is 20.5. The number of sulfonamides is 1. The molecule has 0 bridgehead atoms. The van der Waals surface area contributed by atoms with Crippen LogP contribution in [0.4, 0.5) is 0 Å². The molecule has 0 radical (unpaired) electrons. The molecule has 158 valence electrons. The molecule has 30 heavy (non-hydrogen) atoms. The van der Waals surface area contributed by atoms with Crippen LogP contribution in [0.15, 0.2) is 52.3 Å². The number of hydrogen-bond donors (Lipinski definition) is 1. The Kier molecular flexibility index (Phi) is 4.74. The SMILES string of the molecule is CC(C)N1C(=O)c2ccc(C(=O)NC3CCS(=O)(=O)c4ccccc43)cc2S1(=O)=O. The van der Waals surface area contributed by atoms with Gasteiger partial charge in [-0.2, -0.15) is 0 Å². The molecule has 1 atom stereocenters. The normalized spacial score (nSPS) is 21.2. The van der Waals surface area contributed by atoms with Crippen LogP contribution >= 0.6 is 0 Å². The highest BCUT2D eigenvalue weighted by molar-refractivity contribution is 7.91. The first-order chi connectivity index (χ1) is 14.0. The van der Waals surface area contributed by atoms with E-state index in [4.69, 9.17) is 0 Å². The number of rotatable bonds is 3. The number of fused-ring (bicyclic) bond motifs is 2. The van der Waals surface area contributed by atoms with Gasteiger partial charge in [0.05, 0.1) is 22.3 Å². The van der Waals surface area contributed by atoms with Gasteiger partial charge in [-0.15, -0.1) is 0 Å². The molecule has 0 aliphatic carbocycles. The van der Waals surface area contributed by atoms with E-state index in [1.54, 1.807) is 32.0 Å². The van der Waals surface area contributed by atoms with Gasteiger partial charge in [-0.25, -0.2) is 21.1 Å². The molecule has 2 heterocycles. The first-order valence-electron chi connectivity index (χ1n) is 9.39. The van der Waals surface area contributed by atoms with Crippen molar-refractivity contribution in [1.29, 1.82) is 0 Å². The van der Waals surface area contributed by atoms with Crippen molar-refractivity contribution in [2.75, 3.05) is 5.75 Å². The van der Waals surface area contributed by atoms with Crippen molar-refractivity contribution < 1.29 is 26.4 Å². The monoisotopic (exact) mass is 448 g/mol. The molecule has 8 nitrogen and oxygen atoms in total. The van der Waals surface area contributed by atoms with Gasteiger partial charge < -0.3 is 5.32 Å². The van der Waals surface area contributed by atoms with Crippen LogP contribution in [0.5, 0.6) is 0 Å². The van der Waals surface area contributed by atoms with Crippen LogP contribution in [0.25, 0.3) is 0 Å². The van der Waals surface area contributed by atoms with Crippen LogP contribution in [-0.4, -0.2) is 44.7 Å². The Balaban J connectivity index is 1.66. The molecule has 10 heteroatoms. The molecule has 0 fully saturated rings. The molecule has 2 aromatic rings. The minimum absolute atomic E-state index is 0.0364. The molecule has 4 rings (SSSR count). The van der Waals surface area contributed by atoms with Gasteiger partial charge >= 0.3 is 0 Å². The predicted octanol–water partition coefficient (Wildman–Crippen LogP) is 1.89. The molecule has 2 aliphatic heterocycles. The second kappa shape index (κ2) is 6.92. The molecule has 0 saturated heterocycles. The fraction of sp³-hybridized carbons (Fsp3) is 0.300. The van der Waals surface area contributed by atoms with Crippen molar-refractivity contribution in [2.45, 2.75) is 42.1 Å². The predicted molar refractivity (Wildman–Crippen MR) is 108 cm³/mol. The number of nitrogens with one attached hydrogen (secondary N) is 1. The van der Waals surface area contributed by atoms with E-state index >= 15 is 0 Å². The highest BCUT2D eigenvalue weighted by atomic mass is 32.2. The minimum Gasteiger partial charge on any atom is -0.345 e. The Bertz CT molecular complexity index is 1280. The summed E-state index contributed by atoms with van der Waals surface area (Å²) in [7, 11) is -7.42. The number of sulfone groups is 1. The van der Waals surface area contributed by atoms with Crippen molar-refractivity contribution >= 4 is 31.7 Å². The summed E-state index contributed by atoms with van der Waals surface area (Å²) in [6.07, 6.45) is 0.216. The van der Waals surface area contributed by atoms with E-state index in [-0.39, 0.29) is 33.1 Å². The molecule has 2 aromatic carbocycles. The summed E-state index contributed by atoms with van der Waals surface area (Å²) in [5.41, 5.74) is 0.628. The van der Waals surface area contributed by atoms with Crippen LogP contribution in [0.3, 0.4) is 0 Å². The topological polar surface area (TPSA) is 118 Å². The third-order valence-corrected chi connectivity index (χ3v) is 9.10. The van der Waals surface area contributed by atoms with Crippen LogP contribution in [0.2, 0.25) is 0 Å². The van der Waals surface area contributed by atoms with E-state index in [1.165, 1.54) is 24.3 Å². The van der Waals surface area contributed by atoms with Crippen molar-refractivity contribution in [3.8, 4) is 0 Å². The molecular formula is C20H20N2O6S2. The molecular weight excluding hydrogens is 428 g/mol. The lowest BCUT2D eigenvalue weighted by Gasteiger charge is -2.26. The van der Waals surface area contributed by atoms with Crippen molar-refractivity contribution in [2.24, 2.45) is 0 Å². The van der Waals surface area contributed by atoms with Gasteiger partial charge in [-0.3, -0.25) is 9.59 Å². The fourth-order valence-corrected chi connectivity index (χ4v) is 7.30. The highest BCUT2D eigenvalue weighted by Gasteiger charge is 2.43. The summed E-state index contributed by atoms with van der Waals surface area (Å²) < 4.78 is 50.8. The Morgan fingerprint density at radius 2 is 1.77 bits per heavy atom. The first-order valence-corrected chi connectivity index (χ1v) is 12.5. The largest absolute Gasteiger partial charge is 0.345 e. The average molecular weight is 449 g/mol. The lowest BCUT2D eigenvalue weighted by atomic mass is 10.0. The zero-order valence-electron chi connectivity index (χ0n) is 16.3. The van der Waals surface area contributed by atoms with Gasteiger partial charge in [-0.1, -0.05) is 18.2 Å². The molecule has 2 aliphatic rings. The zero-order valence-corrected chi connectivity index (χ0v) is 18.0. The van der Waals surface area contributed by atoms with Gasteiger partial charge in [0.1, 0.15) is 4.90 Å². The maximum Gasteiger partial charge on any atom is 0.269 e. The molecule has 1 unspecified atom stereocenters. The maximum absolute atomic E-state index is 12.8. The summed E-state index contributed by atoms with van der Waals surface area (Å²) in [4.78, 5) is 25.3. The number of hydrogen-bond acceptors (Lipinski definition) is 6. The van der Waals surface area contributed by atoms with Gasteiger partial charge in [0.15, 0.2) is 9.84 Å². The number of carbonyl (C=O) groups is 2. The second-order valence-electron chi connectivity index (χ2n) is 7.58. The summed E-state index contributed by atoms with van der Waals surface area (Å²) in [6.45, 7) is 3.20. The molecule has 0 spiro atoms. The Morgan fingerprint density at radius 1 is 1.07 bits per heavy atom. The van der Waals surface area contributed by atoms with Crippen LogP contribution in [0.1, 0.15) is 52.6 Å². The van der Waals surface area contributed by atoms with Crippen LogP contribution < -0.4 is 5.32 Å². The maximum atomic E-state index is 12.8. The number of nitrogens with zero attached hydrogens (tertiary/aromatic N) is 1. The smallest absolute Gasteiger partial charge is 0.269 e. The average Bonchev–Trinajstić information content (AvgIpc) is 2.89. The number of amides is 2. The molecule has 1 N–H and O–H groups in total. The van der Waals surface area contributed by atoms with Crippen molar-refractivity contribution in [3.05, 3.63) is 59.2 Å². The third-order valence-electron chi connectivity index (χ3n) is 5.29. The Hall–Kier alpha value is -2.72. The fourth-order valence-electron chi connectivity index (χ4n) is 3.88. The van der Waals surface area contributed by atoms with E-state index in [0.29, 0.717) is 5.56 Å². The summed E-state index contributed by atoms with van der Waals surface area (Å²) in [5.74, 6) is -1.24. The molecule has 2 amide bonds. The number of benzene rings is 2.